The van der Waals surface area contributed by atoms with Crippen molar-refractivity contribution in [1.82, 2.24) is 5.32 Å². The summed E-state index contributed by atoms with van der Waals surface area (Å²) in [5.74, 6) is 1.11. The highest BCUT2D eigenvalue weighted by Gasteiger charge is 2.41. The van der Waals surface area contributed by atoms with Crippen LogP contribution < -0.4 is 5.32 Å². The minimum Gasteiger partial charge on any atom is -0.381 e. The molecular weight excluding hydrogens is 174 g/mol. The van der Waals surface area contributed by atoms with Crippen molar-refractivity contribution in [3.05, 3.63) is 0 Å². The summed E-state index contributed by atoms with van der Waals surface area (Å²) in [5.41, 5.74) is 0.319. The fourth-order valence-electron chi connectivity index (χ4n) is 1.67. The van der Waals surface area contributed by atoms with Gasteiger partial charge >= 0.3 is 0 Å². The highest BCUT2D eigenvalue weighted by atomic mass is 32.2. The summed E-state index contributed by atoms with van der Waals surface area (Å²) in [4.78, 5) is 0. The third-order valence-electron chi connectivity index (χ3n) is 2.49. The van der Waals surface area contributed by atoms with Crippen LogP contribution in [0.4, 0.5) is 0 Å². The molecule has 12 heavy (non-hydrogen) atoms. The molecule has 4 heteroatoms. The van der Waals surface area contributed by atoms with E-state index in [-0.39, 0.29) is 11.2 Å². The first-order chi connectivity index (χ1) is 5.85. The van der Waals surface area contributed by atoms with Crippen LogP contribution in [0.15, 0.2) is 0 Å². The summed E-state index contributed by atoms with van der Waals surface area (Å²) in [7, 11) is 1.94. The molecule has 2 fully saturated rings. The second-order valence-corrected chi connectivity index (χ2v) is 4.40. The summed E-state index contributed by atoms with van der Waals surface area (Å²) in [5, 5.41) is 3.14. The first kappa shape index (κ1) is 8.81. The maximum absolute atomic E-state index is 5.91. The largest absolute Gasteiger partial charge is 0.381 e. The smallest absolute Gasteiger partial charge is 0.156 e. The summed E-state index contributed by atoms with van der Waals surface area (Å²) >= 11 is 1.86. The van der Waals surface area contributed by atoms with Gasteiger partial charge in [-0.2, -0.15) is 0 Å². The minimum atomic E-state index is 0.122. The van der Waals surface area contributed by atoms with Gasteiger partial charge in [-0.3, -0.25) is 5.32 Å². The first-order valence-electron chi connectivity index (χ1n) is 4.39. The van der Waals surface area contributed by atoms with Crippen LogP contribution in [0, 0.1) is 0 Å². The summed E-state index contributed by atoms with van der Waals surface area (Å²) in [6.45, 7) is 1.72. The predicted octanol–water partition coefficient (Wildman–Crippen LogP) is 0.802. The van der Waals surface area contributed by atoms with Gasteiger partial charge in [0.25, 0.3) is 0 Å². The van der Waals surface area contributed by atoms with E-state index < -0.39 is 0 Å². The van der Waals surface area contributed by atoms with Crippen LogP contribution in [0.2, 0.25) is 0 Å². The van der Waals surface area contributed by atoms with E-state index in [0.29, 0.717) is 0 Å². The maximum Gasteiger partial charge on any atom is 0.156 e. The lowest BCUT2D eigenvalue weighted by Crippen LogP contribution is -2.40. The Balaban J connectivity index is 1.94. The number of hydrogen-bond acceptors (Lipinski definition) is 4. The molecule has 70 valence electrons. The Bertz CT molecular complexity index is 159. The van der Waals surface area contributed by atoms with Gasteiger partial charge < -0.3 is 9.47 Å². The van der Waals surface area contributed by atoms with Crippen molar-refractivity contribution in [2.24, 2.45) is 0 Å². The van der Waals surface area contributed by atoms with Gasteiger partial charge in [0.2, 0.25) is 0 Å². The second kappa shape index (κ2) is 3.54. The van der Waals surface area contributed by atoms with Crippen molar-refractivity contribution in [2.75, 3.05) is 26.0 Å². The van der Waals surface area contributed by atoms with E-state index in [2.05, 4.69) is 5.32 Å². The molecule has 1 N–H and O–H groups in total. The SMILES string of the molecule is CN[C@H]1OC2(CCOCC2)CS1. The molecule has 0 saturated carbocycles. The molecule has 0 aromatic rings. The van der Waals surface area contributed by atoms with Crippen LogP contribution in [-0.2, 0) is 9.47 Å². The van der Waals surface area contributed by atoms with Gasteiger partial charge in [-0.1, -0.05) is 0 Å². The van der Waals surface area contributed by atoms with Crippen LogP contribution in [0.5, 0.6) is 0 Å². The van der Waals surface area contributed by atoms with Crippen LogP contribution >= 0.6 is 11.8 Å². The molecule has 0 unspecified atom stereocenters. The zero-order valence-corrected chi connectivity index (χ0v) is 8.15. The van der Waals surface area contributed by atoms with Crippen LogP contribution in [0.25, 0.3) is 0 Å². The van der Waals surface area contributed by atoms with Crippen molar-refractivity contribution in [2.45, 2.75) is 24.0 Å². The van der Waals surface area contributed by atoms with Crippen LogP contribution in [0.1, 0.15) is 12.8 Å². The zero-order valence-electron chi connectivity index (χ0n) is 7.34. The second-order valence-electron chi connectivity index (χ2n) is 3.34. The van der Waals surface area contributed by atoms with Crippen molar-refractivity contribution in [1.29, 1.82) is 0 Å². The number of hydrogen-bond donors (Lipinski definition) is 1. The Morgan fingerprint density at radius 3 is 2.75 bits per heavy atom. The molecule has 1 atom stereocenters. The lowest BCUT2D eigenvalue weighted by atomic mass is 9.97. The van der Waals surface area contributed by atoms with Crippen molar-refractivity contribution < 1.29 is 9.47 Å². The average Bonchev–Trinajstić information content (AvgIpc) is 2.50. The quantitative estimate of drug-likeness (QED) is 0.661. The van der Waals surface area contributed by atoms with Crippen LogP contribution in [-0.4, -0.2) is 37.2 Å². The molecule has 2 aliphatic rings. The summed E-state index contributed by atoms with van der Waals surface area (Å²) < 4.78 is 11.2. The van der Waals surface area contributed by atoms with E-state index in [1.807, 2.05) is 18.8 Å². The number of ether oxygens (including phenoxy) is 2. The molecule has 3 nitrogen and oxygen atoms in total. The third-order valence-corrected chi connectivity index (χ3v) is 3.82. The molecule has 1 spiro atoms. The fourth-order valence-corrected chi connectivity index (χ4v) is 2.92. The molecule has 0 bridgehead atoms. The van der Waals surface area contributed by atoms with Crippen molar-refractivity contribution in [3.63, 3.8) is 0 Å². The lowest BCUT2D eigenvalue weighted by molar-refractivity contribution is -0.0992. The van der Waals surface area contributed by atoms with E-state index >= 15 is 0 Å². The van der Waals surface area contributed by atoms with Crippen LogP contribution in [0.3, 0.4) is 0 Å². The van der Waals surface area contributed by atoms with E-state index in [9.17, 15) is 0 Å². The van der Waals surface area contributed by atoms with Crippen molar-refractivity contribution >= 4 is 11.8 Å². The maximum atomic E-state index is 5.91. The van der Waals surface area contributed by atoms with E-state index in [1.54, 1.807) is 0 Å². The van der Waals surface area contributed by atoms with Gasteiger partial charge in [-0.05, 0) is 7.05 Å². The Morgan fingerprint density at radius 2 is 2.17 bits per heavy atom. The number of rotatable bonds is 1. The van der Waals surface area contributed by atoms with E-state index in [1.165, 1.54) is 0 Å². The summed E-state index contributed by atoms with van der Waals surface area (Å²) in [6, 6.07) is 0. The Morgan fingerprint density at radius 1 is 1.42 bits per heavy atom. The highest BCUT2D eigenvalue weighted by Crippen LogP contribution is 2.38. The normalized spacial score (nSPS) is 34.2. The van der Waals surface area contributed by atoms with Gasteiger partial charge in [-0.15, -0.1) is 11.8 Å². The molecular formula is C8H15NO2S. The predicted molar refractivity (Wildman–Crippen MR) is 49.2 cm³/mol. The lowest BCUT2D eigenvalue weighted by Gasteiger charge is -2.32. The molecule has 2 saturated heterocycles. The standard InChI is InChI=1S/C8H15NO2S/c1-9-7-11-8(6-12-7)2-4-10-5-3-8/h7,9H,2-6H2,1H3/t7-/m0/s1. The van der Waals surface area contributed by atoms with E-state index in [0.717, 1.165) is 31.8 Å². The van der Waals surface area contributed by atoms with Gasteiger partial charge in [0, 0.05) is 31.8 Å². The van der Waals surface area contributed by atoms with Gasteiger partial charge in [-0.25, -0.2) is 0 Å². The molecule has 0 aromatic heterocycles. The minimum absolute atomic E-state index is 0.122. The highest BCUT2D eigenvalue weighted by molar-refractivity contribution is 8.00. The summed E-state index contributed by atoms with van der Waals surface area (Å²) in [6.07, 6.45) is 2.11. The third kappa shape index (κ3) is 1.62. The Kier molecular flexibility index (Phi) is 2.60. The monoisotopic (exact) mass is 189 g/mol. The first-order valence-corrected chi connectivity index (χ1v) is 5.44. The Labute approximate surface area is 77.2 Å². The average molecular weight is 189 g/mol. The topological polar surface area (TPSA) is 30.5 Å². The fraction of sp³-hybridized carbons (Fsp3) is 1.00. The number of thioether (sulfide) groups is 1. The molecule has 2 aliphatic heterocycles. The number of nitrogens with one attached hydrogen (secondary N) is 1. The molecule has 2 heterocycles. The Hall–Kier alpha value is 0.230. The van der Waals surface area contributed by atoms with E-state index in [4.69, 9.17) is 9.47 Å². The van der Waals surface area contributed by atoms with Gasteiger partial charge in [0.15, 0.2) is 5.56 Å². The molecule has 2 rings (SSSR count). The molecule has 0 aromatic carbocycles. The van der Waals surface area contributed by atoms with Crippen molar-refractivity contribution in [3.8, 4) is 0 Å². The molecule has 0 aliphatic carbocycles. The molecule has 0 radical (unpaired) electrons. The van der Waals surface area contributed by atoms with Gasteiger partial charge in [0.05, 0.1) is 5.60 Å². The molecule has 0 amide bonds. The zero-order chi connectivity index (χ0) is 8.44. The van der Waals surface area contributed by atoms with Gasteiger partial charge in [0.1, 0.15) is 0 Å².